The number of rotatable bonds is 9. The maximum atomic E-state index is 13.2. The zero-order valence-corrected chi connectivity index (χ0v) is 14.9. The molecule has 1 aliphatic carbocycles. The standard InChI is InChI=1S/C17H16F4N4O4/c18-15(19)8-29-12-4-10(3-11(5-12)25(27)28)22-16(26)7-24-14(17(20)21)6-13(23-24)9-1-2-9/h3-6,9,15,17H,1-2,7-8H2,(H,22,26). The van der Waals surface area contributed by atoms with E-state index in [0.717, 1.165) is 35.7 Å². The first-order valence-corrected chi connectivity index (χ1v) is 8.59. The van der Waals surface area contributed by atoms with Crippen LogP contribution < -0.4 is 10.1 Å². The lowest BCUT2D eigenvalue weighted by molar-refractivity contribution is -0.384. The summed E-state index contributed by atoms with van der Waals surface area (Å²) in [7, 11) is 0. The third kappa shape index (κ3) is 5.42. The lowest BCUT2D eigenvalue weighted by Crippen LogP contribution is -2.21. The normalized spacial score (nSPS) is 13.7. The van der Waals surface area contributed by atoms with Crippen LogP contribution in [-0.4, -0.2) is 33.6 Å². The predicted octanol–water partition coefficient (Wildman–Crippen LogP) is 3.89. The Labute approximate surface area is 161 Å². The Balaban J connectivity index is 1.75. The van der Waals surface area contributed by atoms with Crippen LogP contribution in [0.5, 0.6) is 5.75 Å². The highest BCUT2D eigenvalue weighted by molar-refractivity contribution is 5.91. The quantitative estimate of drug-likeness (QED) is 0.380. The minimum absolute atomic E-state index is 0.0957. The SMILES string of the molecule is O=C(Cn1nc(C2CC2)cc1C(F)F)Nc1cc(OCC(F)F)cc([N+](=O)[O-])c1. The van der Waals surface area contributed by atoms with E-state index in [1.54, 1.807) is 0 Å². The second kappa shape index (κ2) is 8.45. The number of nitro benzene ring substituents is 1. The van der Waals surface area contributed by atoms with Gasteiger partial charge in [-0.3, -0.25) is 19.6 Å². The minimum atomic E-state index is -2.82. The third-order valence-corrected chi connectivity index (χ3v) is 4.10. The van der Waals surface area contributed by atoms with Gasteiger partial charge in [0.05, 0.1) is 22.4 Å². The summed E-state index contributed by atoms with van der Waals surface area (Å²) in [4.78, 5) is 22.5. The van der Waals surface area contributed by atoms with Crippen LogP contribution in [0.3, 0.4) is 0 Å². The number of ether oxygens (including phenoxy) is 1. The summed E-state index contributed by atoms with van der Waals surface area (Å²) in [6.07, 6.45) is -3.92. The molecule has 0 saturated heterocycles. The Bertz CT molecular complexity index is 915. The van der Waals surface area contributed by atoms with E-state index < -0.39 is 48.2 Å². The average molecular weight is 416 g/mol. The molecule has 1 aliphatic rings. The summed E-state index contributed by atoms with van der Waals surface area (Å²) in [6, 6.07) is 4.32. The topological polar surface area (TPSA) is 99.3 Å². The molecule has 12 heteroatoms. The molecule has 1 N–H and O–H groups in total. The number of carbonyl (C=O) groups excluding carboxylic acids is 1. The number of nitrogens with one attached hydrogen (secondary N) is 1. The number of alkyl halides is 4. The maximum Gasteiger partial charge on any atom is 0.280 e. The van der Waals surface area contributed by atoms with Gasteiger partial charge in [-0.25, -0.2) is 17.6 Å². The van der Waals surface area contributed by atoms with Crippen molar-refractivity contribution in [2.75, 3.05) is 11.9 Å². The number of hydrogen-bond donors (Lipinski definition) is 1. The Hall–Kier alpha value is -3.18. The molecule has 1 fully saturated rings. The number of halogens is 4. The molecule has 0 radical (unpaired) electrons. The summed E-state index contributed by atoms with van der Waals surface area (Å²) in [5, 5.41) is 17.4. The number of non-ortho nitro benzene ring substituents is 1. The Morgan fingerprint density at radius 1 is 1.28 bits per heavy atom. The summed E-state index contributed by atoms with van der Waals surface area (Å²) in [5.41, 5.74) is -0.495. The summed E-state index contributed by atoms with van der Waals surface area (Å²) >= 11 is 0. The number of benzene rings is 1. The van der Waals surface area contributed by atoms with Crippen molar-refractivity contribution in [1.82, 2.24) is 9.78 Å². The molecule has 2 aromatic rings. The van der Waals surface area contributed by atoms with Crippen LogP contribution in [0.2, 0.25) is 0 Å². The number of nitro groups is 1. The van der Waals surface area contributed by atoms with Gasteiger partial charge in [-0.15, -0.1) is 0 Å². The number of amides is 1. The summed E-state index contributed by atoms with van der Waals surface area (Å²) < 4.78 is 56.7. The van der Waals surface area contributed by atoms with Gasteiger partial charge in [0.2, 0.25) is 5.91 Å². The molecule has 1 aromatic carbocycles. The van der Waals surface area contributed by atoms with Gasteiger partial charge < -0.3 is 10.1 Å². The maximum absolute atomic E-state index is 13.2. The van der Waals surface area contributed by atoms with Gasteiger partial charge in [0.25, 0.3) is 18.5 Å². The van der Waals surface area contributed by atoms with E-state index in [9.17, 15) is 32.5 Å². The Morgan fingerprint density at radius 3 is 2.59 bits per heavy atom. The fraction of sp³-hybridized carbons (Fsp3) is 0.412. The highest BCUT2D eigenvalue weighted by atomic mass is 19.3. The highest BCUT2D eigenvalue weighted by Gasteiger charge is 2.29. The van der Waals surface area contributed by atoms with Crippen LogP contribution in [-0.2, 0) is 11.3 Å². The largest absolute Gasteiger partial charge is 0.487 e. The van der Waals surface area contributed by atoms with E-state index in [4.69, 9.17) is 4.74 Å². The molecule has 156 valence electrons. The first-order chi connectivity index (χ1) is 13.7. The van der Waals surface area contributed by atoms with Crippen molar-refractivity contribution in [3.05, 3.63) is 45.8 Å². The lowest BCUT2D eigenvalue weighted by atomic mass is 10.2. The van der Waals surface area contributed by atoms with Crippen LogP contribution in [0.15, 0.2) is 24.3 Å². The van der Waals surface area contributed by atoms with E-state index >= 15 is 0 Å². The molecule has 0 spiro atoms. The number of anilines is 1. The van der Waals surface area contributed by atoms with E-state index in [1.807, 2.05) is 0 Å². The van der Waals surface area contributed by atoms with Gasteiger partial charge in [0.15, 0.2) is 0 Å². The zero-order valence-electron chi connectivity index (χ0n) is 14.9. The van der Waals surface area contributed by atoms with Crippen molar-refractivity contribution in [2.45, 2.75) is 38.2 Å². The molecule has 0 unspecified atom stereocenters. The van der Waals surface area contributed by atoms with Gasteiger partial charge in [0, 0.05) is 18.1 Å². The number of carbonyl (C=O) groups is 1. The van der Waals surface area contributed by atoms with Crippen LogP contribution in [0.1, 0.15) is 36.6 Å². The summed E-state index contributed by atoms with van der Waals surface area (Å²) in [5.74, 6) is -0.890. The molecule has 0 atom stereocenters. The van der Waals surface area contributed by atoms with Gasteiger partial charge in [-0.1, -0.05) is 0 Å². The van der Waals surface area contributed by atoms with Crippen LogP contribution >= 0.6 is 0 Å². The molecule has 0 bridgehead atoms. The van der Waals surface area contributed by atoms with Crippen molar-refractivity contribution in [3.63, 3.8) is 0 Å². The van der Waals surface area contributed by atoms with Gasteiger partial charge in [0.1, 0.15) is 24.6 Å². The molecule has 1 amide bonds. The first-order valence-electron chi connectivity index (χ1n) is 8.59. The van der Waals surface area contributed by atoms with Crippen LogP contribution in [0, 0.1) is 10.1 Å². The molecular weight excluding hydrogens is 400 g/mol. The predicted molar refractivity (Wildman–Crippen MR) is 92.4 cm³/mol. The zero-order chi connectivity index (χ0) is 21.1. The number of aromatic nitrogens is 2. The molecule has 0 aliphatic heterocycles. The molecule has 1 saturated carbocycles. The van der Waals surface area contributed by atoms with Gasteiger partial charge in [-0.05, 0) is 18.9 Å². The number of nitrogens with zero attached hydrogens (tertiary/aromatic N) is 3. The smallest absolute Gasteiger partial charge is 0.280 e. The second-order valence-corrected chi connectivity index (χ2v) is 6.45. The van der Waals surface area contributed by atoms with E-state index in [-0.39, 0.29) is 17.4 Å². The molecular formula is C17H16F4N4O4. The fourth-order valence-electron chi connectivity index (χ4n) is 2.67. The molecule has 3 rings (SSSR count). The van der Waals surface area contributed by atoms with Crippen LogP contribution in [0.25, 0.3) is 0 Å². The van der Waals surface area contributed by atoms with Gasteiger partial charge in [-0.2, -0.15) is 5.10 Å². The van der Waals surface area contributed by atoms with Crippen molar-refractivity contribution in [1.29, 1.82) is 0 Å². The highest BCUT2D eigenvalue weighted by Crippen LogP contribution is 2.40. The monoisotopic (exact) mass is 416 g/mol. The second-order valence-electron chi connectivity index (χ2n) is 6.45. The lowest BCUT2D eigenvalue weighted by Gasteiger charge is -2.10. The molecule has 1 aromatic heterocycles. The molecule has 8 nitrogen and oxygen atoms in total. The van der Waals surface area contributed by atoms with Crippen molar-refractivity contribution in [2.24, 2.45) is 0 Å². The minimum Gasteiger partial charge on any atom is -0.487 e. The van der Waals surface area contributed by atoms with E-state index in [1.165, 1.54) is 6.07 Å². The van der Waals surface area contributed by atoms with Crippen molar-refractivity contribution in [3.8, 4) is 5.75 Å². The first kappa shape index (κ1) is 20.6. The Kier molecular flexibility index (Phi) is 5.99. The Morgan fingerprint density at radius 2 is 2.00 bits per heavy atom. The molecule has 1 heterocycles. The van der Waals surface area contributed by atoms with Gasteiger partial charge >= 0.3 is 0 Å². The van der Waals surface area contributed by atoms with E-state index in [2.05, 4.69) is 10.4 Å². The van der Waals surface area contributed by atoms with Crippen molar-refractivity contribution < 1.29 is 32.0 Å². The van der Waals surface area contributed by atoms with Crippen molar-refractivity contribution >= 4 is 17.3 Å². The number of hydrogen-bond acceptors (Lipinski definition) is 5. The van der Waals surface area contributed by atoms with E-state index in [0.29, 0.717) is 5.69 Å². The molecule has 29 heavy (non-hydrogen) atoms. The summed E-state index contributed by atoms with van der Waals surface area (Å²) in [6.45, 7) is -1.52. The van der Waals surface area contributed by atoms with Crippen LogP contribution in [0.4, 0.5) is 28.9 Å². The fourth-order valence-corrected chi connectivity index (χ4v) is 2.67. The third-order valence-electron chi connectivity index (χ3n) is 4.10. The average Bonchev–Trinajstić information content (AvgIpc) is 3.40.